The summed E-state index contributed by atoms with van der Waals surface area (Å²) in [5.41, 5.74) is 12.2. The Kier molecular flexibility index (Phi) is 14.5. The molecule has 416 valence electrons. The minimum Gasteiger partial charge on any atom is -0.342 e. The number of nitrogens with zero attached hydrogens (tertiary/aromatic N) is 6. The van der Waals surface area contributed by atoms with Crippen LogP contribution < -0.4 is 0 Å². The fraction of sp³-hybridized carbons (Fsp3) is 0.362. The standard InChI is InChI=1S/C27H26FN5O.C22H23ClN2.C20H19ClN2/c1-15(26-31-24-9-7-19(13-25(24)32-26)27-30-16(2)33-34-27)17-3-5-18(6-4-17)21-11-12-29-23-10-8-20(28)14-22(21)23;23-18-7-8-20-21(13-18)25-22(24-20)9-6-15-10-17-11-16(15)12-19(17)14-4-2-1-3-5-14;21-15-6-7-18-19(11-15)23-20(22-18)17-10-13-8-14(17)9-16(13)12-4-2-1-3-5-12/h7-15,17-18H,3-6H2,1-2H3,(H,31,32);1-5,7-8,13,15-17,19H,6,9-12H2,(H,24,25);1-7,11,13-14,16-17H,8-10H2,(H,22,23)/t15-,17?,18?;;/m1../s1. The number of pyridine rings is 1. The molecule has 13 heteroatoms. The monoisotopic (exact) mass is 1130 g/mol. The molecular formula is C69H68Cl2FN9O. The van der Waals surface area contributed by atoms with Gasteiger partial charge in [-0.15, -0.1) is 0 Å². The predicted molar refractivity (Wildman–Crippen MR) is 326 cm³/mol. The SMILES string of the molecule is Cc1noc(-c2ccc3nc([C@H](C)C4CCC(c5ccnc6ccc(F)cc56)CC4)[nH]c3c2)n1.Clc1ccc2nc(C3CC4CC3CC4c3ccccc3)[nH]c2c1.Clc1ccc2nc(CCC3CC4CC3CC4c3ccccc3)[nH]c2c1. The number of fused-ring (bicyclic) bond motifs is 8. The van der Waals surface area contributed by atoms with Gasteiger partial charge in [-0.05, 0) is 226 Å². The average Bonchev–Trinajstić information content (AvgIpc) is 3.80. The lowest BCUT2D eigenvalue weighted by Gasteiger charge is -2.32. The smallest absolute Gasteiger partial charge is 0.257 e. The summed E-state index contributed by atoms with van der Waals surface area (Å²) in [5.74, 6) is 12.0. The third-order valence-corrected chi connectivity index (χ3v) is 20.2. The van der Waals surface area contributed by atoms with Gasteiger partial charge >= 0.3 is 0 Å². The van der Waals surface area contributed by atoms with Crippen LogP contribution in [0.3, 0.4) is 0 Å². The Balaban J connectivity index is 0.000000113. The first kappa shape index (κ1) is 52.8. The fourth-order valence-electron chi connectivity index (χ4n) is 15.7. The van der Waals surface area contributed by atoms with E-state index >= 15 is 0 Å². The maximum Gasteiger partial charge on any atom is 0.257 e. The largest absolute Gasteiger partial charge is 0.342 e. The van der Waals surface area contributed by atoms with E-state index in [1.807, 2.05) is 67.7 Å². The highest BCUT2D eigenvalue weighted by atomic mass is 35.5. The van der Waals surface area contributed by atoms with Gasteiger partial charge < -0.3 is 19.5 Å². The first-order valence-electron chi connectivity index (χ1n) is 29.8. The van der Waals surface area contributed by atoms with Crippen LogP contribution in [0.25, 0.3) is 55.5 Å². The molecule has 4 bridgehead atoms. The van der Waals surface area contributed by atoms with Crippen LogP contribution in [0.5, 0.6) is 0 Å². The summed E-state index contributed by atoms with van der Waals surface area (Å²) in [6.07, 6.45) is 16.7. The molecule has 0 aliphatic heterocycles. The number of imidazole rings is 3. The fourth-order valence-corrected chi connectivity index (χ4v) is 16.0. The number of aryl methyl sites for hydroxylation is 2. The third-order valence-electron chi connectivity index (χ3n) is 19.7. The number of nitrogens with one attached hydrogen (secondary N) is 3. The number of aromatic nitrogens is 9. The molecule has 6 aromatic carbocycles. The van der Waals surface area contributed by atoms with E-state index in [0.717, 1.165) is 145 Å². The summed E-state index contributed by atoms with van der Waals surface area (Å²) in [6.45, 7) is 4.08. The number of rotatable bonds is 10. The minimum atomic E-state index is -0.202. The second-order valence-electron chi connectivity index (χ2n) is 24.5. The van der Waals surface area contributed by atoms with Crippen molar-refractivity contribution in [2.45, 2.75) is 120 Å². The highest BCUT2D eigenvalue weighted by molar-refractivity contribution is 6.31. The van der Waals surface area contributed by atoms with E-state index in [2.05, 4.69) is 104 Å². The van der Waals surface area contributed by atoms with Crippen molar-refractivity contribution in [1.82, 2.24) is 45.0 Å². The Bertz CT molecular complexity index is 4030. The van der Waals surface area contributed by atoms with Crippen LogP contribution in [-0.4, -0.2) is 45.0 Å². The van der Waals surface area contributed by atoms with Crippen molar-refractivity contribution >= 4 is 67.2 Å². The van der Waals surface area contributed by atoms with Crippen LogP contribution >= 0.6 is 23.2 Å². The van der Waals surface area contributed by atoms with Gasteiger partial charge in [0.25, 0.3) is 5.89 Å². The van der Waals surface area contributed by atoms with Gasteiger partial charge in [0.2, 0.25) is 0 Å². The Morgan fingerprint density at radius 2 is 1.21 bits per heavy atom. The molecule has 8 unspecified atom stereocenters. The number of hydrogen-bond acceptors (Lipinski definition) is 7. The minimum absolute atomic E-state index is 0.202. The van der Waals surface area contributed by atoms with Crippen LogP contribution in [0.15, 0.2) is 150 Å². The number of benzene rings is 6. The van der Waals surface area contributed by atoms with Gasteiger partial charge in [-0.25, -0.2) is 19.3 Å². The van der Waals surface area contributed by atoms with Crippen molar-refractivity contribution in [2.75, 3.05) is 0 Å². The summed E-state index contributed by atoms with van der Waals surface area (Å²) < 4.78 is 19.2. The Labute approximate surface area is 487 Å². The lowest BCUT2D eigenvalue weighted by molar-refractivity contribution is 0.286. The van der Waals surface area contributed by atoms with E-state index in [1.165, 1.54) is 68.0 Å². The van der Waals surface area contributed by atoms with Crippen LogP contribution in [0.2, 0.25) is 10.0 Å². The quantitative estimate of drug-likeness (QED) is 0.124. The number of hydrogen-bond donors (Lipinski definition) is 3. The molecule has 5 heterocycles. The van der Waals surface area contributed by atoms with Crippen LogP contribution in [0.4, 0.5) is 4.39 Å². The molecule has 11 aromatic rings. The van der Waals surface area contributed by atoms with E-state index in [-0.39, 0.29) is 5.82 Å². The lowest BCUT2D eigenvalue weighted by atomic mass is 9.73. The van der Waals surface area contributed by atoms with Gasteiger partial charge in [-0.2, -0.15) is 4.98 Å². The van der Waals surface area contributed by atoms with E-state index in [4.69, 9.17) is 42.7 Å². The second-order valence-corrected chi connectivity index (χ2v) is 25.4. The lowest BCUT2D eigenvalue weighted by Crippen LogP contribution is -2.19. The molecule has 0 amide bonds. The zero-order valence-corrected chi connectivity index (χ0v) is 47.9. The third kappa shape index (κ3) is 10.8. The molecule has 5 saturated carbocycles. The maximum atomic E-state index is 13.9. The zero-order chi connectivity index (χ0) is 55.4. The van der Waals surface area contributed by atoms with Gasteiger partial charge in [0, 0.05) is 45.4 Å². The average molecular weight is 1130 g/mol. The van der Waals surface area contributed by atoms with Crippen molar-refractivity contribution in [2.24, 2.45) is 35.5 Å². The summed E-state index contributed by atoms with van der Waals surface area (Å²) in [5, 5.41) is 6.37. The Morgan fingerprint density at radius 3 is 1.89 bits per heavy atom. The van der Waals surface area contributed by atoms with E-state index < -0.39 is 0 Å². The molecule has 9 atom stereocenters. The summed E-state index contributed by atoms with van der Waals surface area (Å²) >= 11 is 12.2. The van der Waals surface area contributed by atoms with Crippen molar-refractivity contribution in [3.63, 3.8) is 0 Å². The molecule has 0 radical (unpaired) electrons. The van der Waals surface area contributed by atoms with E-state index in [0.29, 0.717) is 35.4 Å². The van der Waals surface area contributed by atoms with Gasteiger partial charge in [-0.1, -0.05) is 95.9 Å². The molecular weight excluding hydrogens is 1060 g/mol. The molecule has 0 spiro atoms. The molecule has 5 aromatic heterocycles. The number of H-pyrrole nitrogens is 3. The van der Waals surface area contributed by atoms with Gasteiger partial charge in [0.1, 0.15) is 23.3 Å². The molecule has 0 saturated heterocycles. The first-order valence-corrected chi connectivity index (χ1v) is 30.6. The number of halogens is 3. The van der Waals surface area contributed by atoms with Crippen molar-refractivity contribution < 1.29 is 8.91 Å². The first-order chi connectivity index (χ1) is 40.1. The Morgan fingerprint density at radius 1 is 0.585 bits per heavy atom. The number of aromatic amines is 3. The van der Waals surface area contributed by atoms with Gasteiger partial charge in [0.15, 0.2) is 5.82 Å². The topological polar surface area (TPSA) is 138 Å². The highest BCUT2D eigenvalue weighted by Gasteiger charge is 2.48. The van der Waals surface area contributed by atoms with Crippen LogP contribution in [0, 0.1) is 48.2 Å². The molecule has 5 fully saturated rings. The van der Waals surface area contributed by atoms with E-state index in [1.54, 1.807) is 17.7 Å². The Hall–Kier alpha value is -7.21. The van der Waals surface area contributed by atoms with Crippen molar-refractivity contribution in [3.05, 3.63) is 202 Å². The van der Waals surface area contributed by atoms with E-state index in [9.17, 15) is 4.39 Å². The predicted octanol–water partition coefficient (Wildman–Crippen LogP) is 18.2. The molecule has 5 aliphatic carbocycles. The van der Waals surface area contributed by atoms with Gasteiger partial charge in [-0.3, -0.25) is 4.98 Å². The van der Waals surface area contributed by atoms with Gasteiger partial charge in [0.05, 0.1) is 38.6 Å². The molecule has 5 aliphatic rings. The van der Waals surface area contributed by atoms with Crippen molar-refractivity contribution in [3.8, 4) is 11.5 Å². The summed E-state index contributed by atoms with van der Waals surface area (Å²) in [4.78, 5) is 33.7. The summed E-state index contributed by atoms with van der Waals surface area (Å²) in [7, 11) is 0. The summed E-state index contributed by atoms with van der Waals surface area (Å²) in [6, 6.07) is 46.9. The van der Waals surface area contributed by atoms with Crippen LogP contribution in [-0.2, 0) is 6.42 Å². The maximum absolute atomic E-state index is 13.9. The normalized spacial score (nSPS) is 24.9. The zero-order valence-electron chi connectivity index (χ0n) is 46.4. The van der Waals surface area contributed by atoms with Crippen molar-refractivity contribution in [1.29, 1.82) is 0 Å². The highest BCUT2D eigenvalue weighted by Crippen LogP contribution is 2.59. The molecule has 10 nitrogen and oxygen atoms in total. The molecule has 82 heavy (non-hydrogen) atoms. The second kappa shape index (κ2) is 22.5. The molecule has 16 rings (SSSR count). The van der Waals surface area contributed by atoms with Crippen LogP contribution in [0.1, 0.15) is 147 Å². The molecule has 3 N–H and O–H groups in total.